The summed E-state index contributed by atoms with van der Waals surface area (Å²) < 4.78 is 2.34. The van der Waals surface area contributed by atoms with Gasteiger partial charge in [0.1, 0.15) is 0 Å². The van der Waals surface area contributed by atoms with Crippen molar-refractivity contribution in [1.29, 1.82) is 21.0 Å². The molecule has 0 radical (unpaired) electrons. The number of hydrogen-bond acceptors (Lipinski definition) is 8. The number of fused-ring (bicyclic) bond motifs is 3. The van der Waals surface area contributed by atoms with E-state index in [1.54, 1.807) is 54.6 Å². The minimum atomic E-state index is 0.317. The first-order valence-corrected chi connectivity index (χ1v) is 26.9. The molecular weight excluding hydrogens is 1010 g/mol. The fourth-order valence-corrected chi connectivity index (χ4v) is 11.0. The van der Waals surface area contributed by atoms with Gasteiger partial charge < -0.3 is 14.4 Å². The minimum Gasteiger partial charge on any atom is -0.310 e. The van der Waals surface area contributed by atoms with E-state index in [-0.39, 0.29) is 0 Å². The summed E-state index contributed by atoms with van der Waals surface area (Å²) in [6.07, 6.45) is 0. The summed E-state index contributed by atoms with van der Waals surface area (Å²) in [5.74, 6) is 0.328. The summed E-state index contributed by atoms with van der Waals surface area (Å²) in [7, 11) is 0. The van der Waals surface area contributed by atoms with Crippen LogP contribution in [0.4, 0.5) is 34.1 Å². The van der Waals surface area contributed by atoms with E-state index in [2.05, 4.69) is 196 Å². The van der Waals surface area contributed by atoms with Crippen molar-refractivity contribution in [2.75, 3.05) is 9.80 Å². The summed E-state index contributed by atoms with van der Waals surface area (Å²) in [6.45, 7) is 0. The van der Waals surface area contributed by atoms with Gasteiger partial charge in [0.05, 0.1) is 69.0 Å². The van der Waals surface area contributed by atoms with E-state index < -0.39 is 0 Å². The fraction of sp³-hybridized carbons (Fsp3) is 0. The van der Waals surface area contributed by atoms with Crippen molar-refractivity contribution in [2.24, 2.45) is 0 Å². The Labute approximate surface area is 480 Å². The third kappa shape index (κ3) is 9.73. The van der Waals surface area contributed by atoms with Crippen LogP contribution in [-0.4, -0.2) is 14.5 Å². The molecule has 9 heteroatoms. The van der Waals surface area contributed by atoms with Crippen LogP contribution in [0.2, 0.25) is 0 Å². The summed E-state index contributed by atoms with van der Waals surface area (Å²) in [5, 5.41) is 43.0. The van der Waals surface area contributed by atoms with Crippen LogP contribution in [-0.2, 0) is 0 Å². The third-order valence-electron chi connectivity index (χ3n) is 14.9. The van der Waals surface area contributed by atoms with Gasteiger partial charge in [0.15, 0.2) is 5.82 Å². The van der Waals surface area contributed by atoms with Gasteiger partial charge in [0.2, 0.25) is 0 Å². The van der Waals surface area contributed by atoms with Crippen molar-refractivity contribution >= 4 is 55.9 Å². The lowest BCUT2D eigenvalue weighted by Gasteiger charge is -2.26. The Hall–Kier alpha value is -12.1. The van der Waals surface area contributed by atoms with E-state index in [9.17, 15) is 21.0 Å². The molecule has 0 unspecified atom stereocenters. The van der Waals surface area contributed by atoms with Crippen molar-refractivity contribution in [3.05, 3.63) is 295 Å². The van der Waals surface area contributed by atoms with Crippen molar-refractivity contribution < 1.29 is 0 Å². The first-order chi connectivity index (χ1) is 40.9. The zero-order valence-electron chi connectivity index (χ0n) is 44.5. The maximum atomic E-state index is 10.7. The molecule has 0 fully saturated rings. The molecule has 0 bridgehead atoms. The van der Waals surface area contributed by atoms with Crippen molar-refractivity contribution in [2.45, 2.75) is 0 Å². The van der Waals surface area contributed by atoms with Crippen LogP contribution in [0.25, 0.3) is 83.6 Å². The number of benzene rings is 11. The second kappa shape index (κ2) is 21.9. The number of aromatic nitrogens is 3. The van der Waals surface area contributed by atoms with Crippen LogP contribution in [0.1, 0.15) is 22.3 Å². The molecule has 13 rings (SSSR count). The highest BCUT2D eigenvalue weighted by molar-refractivity contribution is 6.12. The first kappa shape index (κ1) is 50.4. The van der Waals surface area contributed by atoms with Gasteiger partial charge in [0.25, 0.3) is 0 Å². The quantitative estimate of drug-likeness (QED) is 0.118. The molecular formula is C74H45N9. The minimum absolute atomic E-state index is 0.317. The molecule has 9 nitrogen and oxygen atoms in total. The number of nitrogens with zero attached hydrogens (tertiary/aromatic N) is 9. The third-order valence-corrected chi connectivity index (χ3v) is 14.9. The second-order valence-corrected chi connectivity index (χ2v) is 19.9. The second-order valence-electron chi connectivity index (χ2n) is 19.9. The lowest BCUT2D eigenvalue weighted by Crippen LogP contribution is -2.09. The molecule has 13 aromatic rings. The molecule has 2 heterocycles. The summed E-state index contributed by atoms with van der Waals surface area (Å²) >= 11 is 0. The van der Waals surface area contributed by atoms with Crippen molar-refractivity contribution in [1.82, 2.24) is 14.5 Å². The molecule has 11 aromatic carbocycles. The van der Waals surface area contributed by atoms with Crippen LogP contribution < -0.4 is 9.80 Å². The molecule has 0 aliphatic rings. The zero-order chi connectivity index (χ0) is 56.2. The van der Waals surface area contributed by atoms with E-state index in [4.69, 9.17) is 9.97 Å². The lowest BCUT2D eigenvalue weighted by atomic mass is 9.92. The number of para-hydroxylation sites is 4. The van der Waals surface area contributed by atoms with Gasteiger partial charge in [-0.3, -0.25) is 0 Å². The summed E-state index contributed by atoms with van der Waals surface area (Å²) in [5.41, 5.74) is 17.1. The Bertz CT molecular complexity index is 4470. The standard InChI is InChI=1S/C74H45N9/c75-46-50-15-13-17-55(39-50)70-45-71(80-74(79-70)56-18-14-16-51(40-56)47-76)67-42-57(48-77)66(41-58(67)49-78)54-29-27-52(28-30-54)53-31-33-63(34-32-53)83-72-37-35-64(81(59-19-5-1-6-20-59)60-21-7-2-8-22-60)43-68(72)69-44-65(36-38-73(69)83)82(61-23-9-3-10-24-61)62-25-11-4-12-26-62/h1-45H. The highest BCUT2D eigenvalue weighted by Gasteiger charge is 2.22. The Kier molecular flexibility index (Phi) is 13.3. The Morgan fingerprint density at radius 1 is 0.301 bits per heavy atom. The van der Waals surface area contributed by atoms with E-state index in [1.807, 2.05) is 60.7 Å². The number of anilines is 6. The highest BCUT2D eigenvalue weighted by atomic mass is 15.1. The van der Waals surface area contributed by atoms with E-state index in [0.717, 1.165) is 78.3 Å². The SMILES string of the molecule is N#Cc1cccc(-c2cc(-c3cc(C#N)c(-c4ccc(-c5ccc(-n6c7ccc(N(c8ccccc8)c8ccccc8)cc7c7cc(N(c8ccccc8)c8ccccc8)ccc76)cc5)cc4)cc3C#N)nc(-c3cccc(C#N)c3)n2)c1. The maximum absolute atomic E-state index is 10.7. The molecule has 2 aromatic heterocycles. The van der Waals surface area contributed by atoms with E-state index in [1.165, 1.54) is 0 Å². The van der Waals surface area contributed by atoms with Crippen molar-refractivity contribution in [3.8, 4) is 86.1 Å². The largest absolute Gasteiger partial charge is 0.310 e. The monoisotopic (exact) mass is 1060 g/mol. The predicted octanol–water partition coefficient (Wildman–Crippen LogP) is 18.3. The van der Waals surface area contributed by atoms with E-state index in [0.29, 0.717) is 61.7 Å². The number of rotatable bonds is 12. The van der Waals surface area contributed by atoms with Gasteiger partial charge in [0, 0.05) is 72.8 Å². The van der Waals surface area contributed by atoms with Gasteiger partial charge in [-0.25, -0.2) is 9.97 Å². The van der Waals surface area contributed by atoms with Crippen LogP contribution >= 0.6 is 0 Å². The Balaban J connectivity index is 0.871. The molecule has 0 aliphatic heterocycles. The maximum Gasteiger partial charge on any atom is 0.160 e. The fourth-order valence-electron chi connectivity index (χ4n) is 11.0. The molecule has 386 valence electrons. The molecule has 83 heavy (non-hydrogen) atoms. The summed E-state index contributed by atoms with van der Waals surface area (Å²) in [4.78, 5) is 14.4. The average Bonchev–Trinajstić information content (AvgIpc) is 3.98. The normalized spacial score (nSPS) is 10.8. The number of nitriles is 4. The lowest BCUT2D eigenvalue weighted by molar-refractivity contribution is 1.18. The van der Waals surface area contributed by atoms with Gasteiger partial charge in [-0.2, -0.15) is 21.0 Å². The Morgan fingerprint density at radius 3 is 1.20 bits per heavy atom. The highest BCUT2D eigenvalue weighted by Crippen LogP contribution is 2.43. The molecule has 0 N–H and O–H groups in total. The van der Waals surface area contributed by atoms with Crippen LogP contribution in [0.5, 0.6) is 0 Å². The summed E-state index contributed by atoms with van der Waals surface area (Å²) in [6, 6.07) is 101. The smallest absolute Gasteiger partial charge is 0.160 e. The molecule has 0 atom stereocenters. The van der Waals surface area contributed by atoms with E-state index >= 15 is 0 Å². The molecule has 0 amide bonds. The molecule has 0 saturated heterocycles. The topological polar surface area (TPSA) is 132 Å². The van der Waals surface area contributed by atoms with Gasteiger partial charge in [-0.05, 0) is 156 Å². The van der Waals surface area contributed by atoms with Crippen LogP contribution in [0, 0.1) is 45.3 Å². The molecule has 0 aliphatic carbocycles. The predicted molar refractivity (Wildman–Crippen MR) is 332 cm³/mol. The van der Waals surface area contributed by atoms with Crippen LogP contribution in [0.15, 0.2) is 273 Å². The van der Waals surface area contributed by atoms with Crippen LogP contribution in [0.3, 0.4) is 0 Å². The number of hydrogen-bond donors (Lipinski definition) is 0. The zero-order valence-corrected chi connectivity index (χ0v) is 44.5. The first-order valence-electron chi connectivity index (χ1n) is 26.9. The average molecular weight is 1060 g/mol. The molecule has 0 spiro atoms. The van der Waals surface area contributed by atoms with Gasteiger partial charge >= 0.3 is 0 Å². The van der Waals surface area contributed by atoms with Gasteiger partial charge in [-0.1, -0.05) is 133 Å². The van der Waals surface area contributed by atoms with Crippen molar-refractivity contribution in [3.63, 3.8) is 0 Å². The molecule has 0 saturated carbocycles. The Morgan fingerprint density at radius 2 is 0.723 bits per heavy atom. The van der Waals surface area contributed by atoms with Gasteiger partial charge in [-0.15, -0.1) is 0 Å².